The van der Waals surface area contributed by atoms with Crippen LogP contribution in [0.4, 0.5) is 4.39 Å². The van der Waals surface area contributed by atoms with Gasteiger partial charge in [0, 0.05) is 46.8 Å². The van der Waals surface area contributed by atoms with Gasteiger partial charge in [-0.05, 0) is 60.9 Å². The fourth-order valence-corrected chi connectivity index (χ4v) is 6.41. The zero-order chi connectivity index (χ0) is 23.9. The molecular weight excluding hydrogens is 471 g/mol. The first-order chi connectivity index (χ1) is 16.3. The summed E-state index contributed by atoms with van der Waals surface area (Å²) in [6.07, 6.45) is 2.61. The summed E-state index contributed by atoms with van der Waals surface area (Å²) in [6, 6.07) is 21.2. The topological polar surface area (TPSA) is 42.3 Å². The minimum atomic E-state index is -3.62. The van der Waals surface area contributed by atoms with Gasteiger partial charge in [-0.3, -0.25) is 0 Å². The Bertz CT molecular complexity index is 1520. The molecule has 0 spiro atoms. The molecule has 0 amide bonds. The van der Waals surface area contributed by atoms with Gasteiger partial charge in [0.05, 0.1) is 4.90 Å². The van der Waals surface area contributed by atoms with Crippen molar-refractivity contribution in [3.8, 4) is 0 Å². The predicted molar refractivity (Wildman–Crippen MR) is 135 cm³/mol. The highest BCUT2D eigenvalue weighted by Gasteiger charge is 2.28. The van der Waals surface area contributed by atoms with E-state index in [0.717, 1.165) is 33.3 Å². The number of benzene rings is 3. The highest BCUT2D eigenvalue weighted by Crippen LogP contribution is 2.36. The number of halogens is 2. The molecule has 1 aromatic heterocycles. The van der Waals surface area contributed by atoms with Crippen LogP contribution in [0.2, 0.25) is 5.02 Å². The van der Waals surface area contributed by atoms with Crippen LogP contribution in [0.25, 0.3) is 16.5 Å². The van der Waals surface area contributed by atoms with Crippen LogP contribution in [0.1, 0.15) is 23.2 Å². The van der Waals surface area contributed by atoms with E-state index in [1.807, 2.05) is 24.3 Å². The number of fused-ring (bicyclic) bond motifs is 1. The summed E-state index contributed by atoms with van der Waals surface area (Å²) in [7, 11) is -3.62. The highest BCUT2D eigenvalue weighted by molar-refractivity contribution is 7.89. The van der Waals surface area contributed by atoms with Crippen molar-refractivity contribution in [3.63, 3.8) is 0 Å². The molecule has 0 bridgehead atoms. The van der Waals surface area contributed by atoms with E-state index < -0.39 is 10.0 Å². The number of para-hydroxylation sites is 1. The van der Waals surface area contributed by atoms with Gasteiger partial charge in [0.1, 0.15) is 5.82 Å². The summed E-state index contributed by atoms with van der Waals surface area (Å²) >= 11 is 6.02. The Morgan fingerprint density at radius 2 is 1.79 bits per heavy atom. The lowest BCUT2D eigenvalue weighted by molar-refractivity contribution is 0.441. The molecule has 34 heavy (non-hydrogen) atoms. The first-order valence-electron chi connectivity index (χ1n) is 11.1. The quantitative estimate of drug-likeness (QED) is 0.328. The lowest BCUT2D eigenvalue weighted by atomic mass is 9.97. The Morgan fingerprint density at radius 1 is 1.00 bits per heavy atom. The largest absolute Gasteiger partial charge is 0.340 e. The monoisotopic (exact) mass is 494 g/mol. The molecule has 0 saturated carbocycles. The van der Waals surface area contributed by atoms with Crippen molar-refractivity contribution < 1.29 is 12.8 Å². The molecule has 174 valence electrons. The van der Waals surface area contributed by atoms with Crippen LogP contribution in [-0.2, 0) is 16.6 Å². The maximum atomic E-state index is 13.8. The highest BCUT2D eigenvalue weighted by atomic mass is 35.5. The third-order valence-electron chi connectivity index (χ3n) is 6.39. The molecule has 1 aliphatic heterocycles. The summed E-state index contributed by atoms with van der Waals surface area (Å²) in [6.45, 7) is 3.33. The van der Waals surface area contributed by atoms with E-state index in [1.165, 1.54) is 16.4 Å². The van der Waals surface area contributed by atoms with E-state index in [-0.39, 0.29) is 10.7 Å². The van der Waals surface area contributed by atoms with E-state index in [1.54, 1.807) is 30.3 Å². The van der Waals surface area contributed by atoms with Crippen molar-refractivity contribution in [2.75, 3.05) is 13.1 Å². The van der Waals surface area contributed by atoms with Crippen molar-refractivity contribution in [2.24, 2.45) is 0 Å². The third kappa shape index (κ3) is 4.17. The predicted octanol–water partition coefficient (Wildman–Crippen LogP) is 6.27. The van der Waals surface area contributed by atoms with Crippen LogP contribution < -0.4 is 0 Å². The van der Waals surface area contributed by atoms with Gasteiger partial charge in [0.2, 0.25) is 10.0 Å². The normalized spacial score (nSPS) is 15.0. The Hall–Kier alpha value is -2.93. The third-order valence-corrected chi connectivity index (χ3v) is 8.48. The molecule has 3 aromatic carbocycles. The molecule has 0 radical (unpaired) electrons. The van der Waals surface area contributed by atoms with Gasteiger partial charge >= 0.3 is 0 Å². The molecule has 0 saturated heterocycles. The van der Waals surface area contributed by atoms with Crippen LogP contribution in [0.5, 0.6) is 0 Å². The molecule has 7 heteroatoms. The lowest BCUT2D eigenvalue weighted by Gasteiger charge is -2.26. The number of rotatable bonds is 5. The lowest BCUT2D eigenvalue weighted by Crippen LogP contribution is -2.34. The van der Waals surface area contributed by atoms with Crippen molar-refractivity contribution in [2.45, 2.75) is 24.8 Å². The second-order valence-corrected chi connectivity index (χ2v) is 10.9. The van der Waals surface area contributed by atoms with Crippen molar-refractivity contribution in [1.82, 2.24) is 8.87 Å². The number of aromatic nitrogens is 1. The van der Waals surface area contributed by atoms with E-state index >= 15 is 0 Å². The average molecular weight is 495 g/mol. The van der Waals surface area contributed by atoms with Crippen LogP contribution >= 0.6 is 11.6 Å². The molecule has 0 N–H and O–H groups in total. The molecule has 1 aliphatic rings. The number of hydrogen-bond acceptors (Lipinski definition) is 2. The first kappa shape index (κ1) is 22.8. The van der Waals surface area contributed by atoms with Crippen LogP contribution in [0.3, 0.4) is 0 Å². The Labute approximate surface area is 203 Å². The molecule has 0 aliphatic carbocycles. The Morgan fingerprint density at radius 3 is 2.53 bits per heavy atom. The SMILES string of the molecule is Cc1c(C2=CCN(S(=O)(=O)c3cccc(Cl)c3)CC2)c2ccccc2n1Cc1cccc(F)c1. The van der Waals surface area contributed by atoms with Crippen molar-refractivity contribution in [3.05, 3.63) is 107 Å². The molecule has 4 nitrogen and oxygen atoms in total. The fraction of sp³-hybridized carbons (Fsp3) is 0.185. The maximum Gasteiger partial charge on any atom is 0.243 e. The zero-order valence-corrected chi connectivity index (χ0v) is 20.3. The van der Waals surface area contributed by atoms with E-state index in [2.05, 4.69) is 23.6 Å². The minimum absolute atomic E-state index is 0.208. The van der Waals surface area contributed by atoms with Crippen molar-refractivity contribution >= 4 is 38.1 Å². The van der Waals surface area contributed by atoms with E-state index in [0.29, 0.717) is 31.1 Å². The van der Waals surface area contributed by atoms with E-state index in [4.69, 9.17) is 11.6 Å². The Balaban J connectivity index is 1.50. The summed E-state index contributed by atoms with van der Waals surface area (Å²) < 4.78 is 43.7. The van der Waals surface area contributed by atoms with Gasteiger partial charge in [-0.25, -0.2) is 12.8 Å². The second-order valence-electron chi connectivity index (χ2n) is 8.49. The van der Waals surface area contributed by atoms with Crippen molar-refractivity contribution in [1.29, 1.82) is 0 Å². The second kappa shape index (κ2) is 9.02. The Kier molecular flexibility index (Phi) is 6.06. The summed E-state index contributed by atoms with van der Waals surface area (Å²) in [5.41, 5.74) is 5.32. The molecular formula is C27H24ClFN2O2S. The van der Waals surface area contributed by atoms with Crippen LogP contribution in [0.15, 0.2) is 83.8 Å². The molecule has 0 unspecified atom stereocenters. The molecule has 4 aromatic rings. The number of sulfonamides is 1. The first-order valence-corrected chi connectivity index (χ1v) is 12.9. The van der Waals surface area contributed by atoms with Crippen LogP contribution in [0, 0.1) is 12.7 Å². The van der Waals surface area contributed by atoms with Gasteiger partial charge < -0.3 is 4.57 Å². The molecule has 2 heterocycles. The zero-order valence-electron chi connectivity index (χ0n) is 18.7. The summed E-state index contributed by atoms with van der Waals surface area (Å²) in [5, 5.41) is 1.52. The fourth-order valence-electron chi connectivity index (χ4n) is 4.73. The van der Waals surface area contributed by atoms with E-state index in [9.17, 15) is 12.8 Å². The van der Waals surface area contributed by atoms with Gasteiger partial charge in [-0.15, -0.1) is 0 Å². The molecule has 5 rings (SSSR count). The summed E-state index contributed by atoms with van der Waals surface area (Å²) in [4.78, 5) is 0.208. The van der Waals surface area contributed by atoms with Crippen LogP contribution in [-0.4, -0.2) is 30.4 Å². The standard InChI is InChI=1S/C27H24ClFN2O2S/c1-19-27(21-12-14-30(15-13-21)34(32,33)24-9-5-7-22(28)17-24)25-10-2-3-11-26(25)31(19)18-20-6-4-8-23(29)16-20/h2-12,16-17H,13-15,18H2,1H3. The van der Waals surface area contributed by atoms with Gasteiger partial charge in [-0.2, -0.15) is 4.31 Å². The van der Waals surface area contributed by atoms with Gasteiger partial charge in [0.15, 0.2) is 0 Å². The van der Waals surface area contributed by atoms with Gasteiger partial charge in [0.25, 0.3) is 0 Å². The average Bonchev–Trinajstić information content (AvgIpc) is 3.10. The molecule has 0 atom stereocenters. The maximum absolute atomic E-state index is 13.8. The minimum Gasteiger partial charge on any atom is -0.340 e. The number of hydrogen-bond donors (Lipinski definition) is 0. The number of nitrogens with zero attached hydrogens (tertiary/aromatic N) is 2. The molecule has 0 fully saturated rings. The summed E-state index contributed by atoms with van der Waals surface area (Å²) in [5.74, 6) is -0.247. The van der Waals surface area contributed by atoms with Gasteiger partial charge in [-0.1, -0.05) is 54.1 Å². The smallest absolute Gasteiger partial charge is 0.243 e.